The number of thioether (sulfide) groups is 1. The topological polar surface area (TPSA) is 20.3 Å². The molecular formula is C14H17BrClNOS. The van der Waals surface area contributed by atoms with Crippen LogP contribution in [0.1, 0.15) is 23.2 Å². The number of halogens is 2. The fourth-order valence-electron chi connectivity index (χ4n) is 2.37. The Bertz CT molecular complexity index is 469. The number of amides is 1. The van der Waals surface area contributed by atoms with Crippen LogP contribution in [0.5, 0.6) is 0 Å². The van der Waals surface area contributed by atoms with E-state index < -0.39 is 0 Å². The van der Waals surface area contributed by atoms with Crippen molar-refractivity contribution >= 4 is 45.2 Å². The summed E-state index contributed by atoms with van der Waals surface area (Å²) in [6.45, 7) is 1.70. The van der Waals surface area contributed by atoms with Gasteiger partial charge in [-0.25, -0.2) is 0 Å². The van der Waals surface area contributed by atoms with E-state index in [1.807, 2.05) is 29.4 Å². The highest BCUT2D eigenvalue weighted by atomic mass is 79.9. The second-order valence-corrected chi connectivity index (χ2v) is 6.81. The van der Waals surface area contributed by atoms with Crippen LogP contribution in [-0.4, -0.2) is 35.5 Å². The predicted molar refractivity (Wildman–Crippen MR) is 85.7 cm³/mol. The average molecular weight is 363 g/mol. The maximum Gasteiger partial charge on any atom is 0.255 e. The van der Waals surface area contributed by atoms with Gasteiger partial charge in [0.2, 0.25) is 0 Å². The Labute approximate surface area is 132 Å². The Morgan fingerprint density at radius 1 is 1.58 bits per heavy atom. The Kier molecular flexibility index (Phi) is 5.60. The van der Waals surface area contributed by atoms with E-state index in [0.717, 1.165) is 36.2 Å². The second-order valence-electron chi connectivity index (χ2n) is 4.73. The molecule has 1 fully saturated rings. The molecule has 1 unspecified atom stereocenters. The van der Waals surface area contributed by atoms with E-state index in [2.05, 4.69) is 15.9 Å². The Hall–Kier alpha value is -0.190. The summed E-state index contributed by atoms with van der Waals surface area (Å²) in [4.78, 5) is 15.5. The number of likely N-dealkylation sites (tertiary alicyclic amines) is 1. The van der Waals surface area contributed by atoms with Crippen LogP contribution in [0.4, 0.5) is 0 Å². The lowest BCUT2D eigenvalue weighted by atomic mass is 10.1. The molecular weight excluding hydrogens is 346 g/mol. The summed E-state index contributed by atoms with van der Waals surface area (Å²) < 4.78 is 0. The molecule has 1 aliphatic heterocycles. The Balaban J connectivity index is 2.12. The molecule has 0 aliphatic carbocycles. The lowest BCUT2D eigenvalue weighted by Gasteiger charge is -2.17. The maximum atomic E-state index is 12.5. The summed E-state index contributed by atoms with van der Waals surface area (Å²) in [6.07, 6.45) is 4.22. The zero-order chi connectivity index (χ0) is 13.8. The first kappa shape index (κ1) is 15.2. The summed E-state index contributed by atoms with van der Waals surface area (Å²) >= 11 is 11.2. The molecule has 2 nitrogen and oxygen atoms in total. The summed E-state index contributed by atoms with van der Waals surface area (Å²) in [5.41, 5.74) is 0.632. The SMILES string of the molecule is CSc1ccc(Cl)c(C(=O)N2CCC(CCBr)C2)c1. The molecule has 104 valence electrons. The van der Waals surface area contributed by atoms with Crippen LogP contribution in [0, 0.1) is 5.92 Å². The van der Waals surface area contributed by atoms with Gasteiger partial charge in [0.1, 0.15) is 0 Å². The van der Waals surface area contributed by atoms with Crippen LogP contribution in [0.3, 0.4) is 0 Å². The van der Waals surface area contributed by atoms with Crippen molar-refractivity contribution < 1.29 is 4.79 Å². The average Bonchev–Trinajstić information content (AvgIpc) is 2.88. The third-order valence-electron chi connectivity index (χ3n) is 3.49. The minimum Gasteiger partial charge on any atom is -0.338 e. The molecule has 0 radical (unpaired) electrons. The highest BCUT2D eigenvalue weighted by Gasteiger charge is 2.27. The normalized spacial score (nSPS) is 18.9. The first-order valence-electron chi connectivity index (χ1n) is 6.34. The fourth-order valence-corrected chi connectivity index (χ4v) is 3.66. The van der Waals surface area contributed by atoms with Crippen molar-refractivity contribution in [3.8, 4) is 0 Å². The number of carbonyl (C=O) groups excluding carboxylic acids is 1. The van der Waals surface area contributed by atoms with Gasteiger partial charge in [-0.1, -0.05) is 27.5 Å². The highest BCUT2D eigenvalue weighted by Crippen LogP contribution is 2.27. The number of alkyl halides is 1. The number of nitrogens with zero attached hydrogens (tertiary/aromatic N) is 1. The number of hydrogen-bond donors (Lipinski definition) is 0. The standard InChI is InChI=1S/C14H17BrClNOS/c1-19-11-2-3-13(16)12(8-11)14(18)17-7-5-10(9-17)4-6-15/h2-3,8,10H,4-7,9H2,1H3. The van der Waals surface area contributed by atoms with Crippen molar-refractivity contribution in [1.29, 1.82) is 0 Å². The Morgan fingerprint density at radius 2 is 2.37 bits per heavy atom. The van der Waals surface area contributed by atoms with Crippen molar-refractivity contribution in [2.75, 3.05) is 24.7 Å². The van der Waals surface area contributed by atoms with Gasteiger partial charge in [0.25, 0.3) is 5.91 Å². The van der Waals surface area contributed by atoms with Crippen LogP contribution in [-0.2, 0) is 0 Å². The lowest BCUT2D eigenvalue weighted by molar-refractivity contribution is 0.0787. The summed E-state index contributed by atoms with van der Waals surface area (Å²) in [6, 6.07) is 5.65. The molecule has 0 bridgehead atoms. The van der Waals surface area contributed by atoms with E-state index >= 15 is 0 Å². The first-order chi connectivity index (χ1) is 9.15. The number of benzene rings is 1. The van der Waals surface area contributed by atoms with Crippen molar-refractivity contribution in [2.24, 2.45) is 5.92 Å². The molecule has 0 N–H and O–H groups in total. The molecule has 0 saturated carbocycles. The van der Waals surface area contributed by atoms with Gasteiger partial charge in [-0.3, -0.25) is 4.79 Å². The van der Waals surface area contributed by atoms with Gasteiger partial charge in [-0.15, -0.1) is 11.8 Å². The van der Waals surface area contributed by atoms with Crippen LogP contribution in [0.25, 0.3) is 0 Å². The fraction of sp³-hybridized carbons (Fsp3) is 0.500. The maximum absolute atomic E-state index is 12.5. The lowest BCUT2D eigenvalue weighted by Crippen LogP contribution is -2.29. The molecule has 0 spiro atoms. The van der Waals surface area contributed by atoms with Crippen molar-refractivity contribution in [3.05, 3.63) is 28.8 Å². The van der Waals surface area contributed by atoms with Crippen molar-refractivity contribution in [1.82, 2.24) is 4.90 Å². The minimum absolute atomic E-state index is 0.0676. The van der Waals surface area contributed by atoms with Crippen LogP contribution < -0.4 is 0 Å². The zero-order valence-corrected chi connectivity index (χ0v) is 14.0. The van der Waals surface area contributed by atoms with Crippen molar-refractivity contribution in [3.63, 3.8) is 0 Å². The highest BCUT2D eigenvalue weighted by molar-refractivity contribution is 9.09. The monoisotopic (exact) mass is 361 g/mol. The van der Waals surface area contributed by atoms with Gasteiger partial charge in [-0.2, -0.15) is 0 Å². The molecule has 19 heavy (non-hydrogen) atoms. The van der Waals surface area contributed by atoms with Gasteiger partial charge in [-0.05, 0) is 43.2 Å². The van der Waals surface area contributed by atoms with Gasteiger partial charge < -0.3 is 4.90 Å². The first-order valence-corrected chi connectivity index (χ1v) is 9.07. The molecule has 1 saturated heterocycles. The summed E-state index contributed by atoms with van der Waals surface area (Å²) in [7, 11) is 0. The smallest absolute Gasteiger partial charge is 0.255 e. The zero-order valence-electron chi connectivity index (χ0n) is 10.9. The third kappa shape index (κ3) is 3.67. The molecule has 1 atom stereocenters. The van der Waals surface area contributed by atoms with Crippen LogP contribution >= 0.6 is 39.3 Å². The van der Waals surface area contributed by atoms with E-state index in [1.165, 1.54) is 0 Å². The number of carbonyl (C=O) groups is 1. The van der Waals surface area contributed by atoms with E-state index in [4.69, 9.17) is 11.6 Å². The molecule has 1 amide bonds. The molecule has 2 rings (SSSR count). The minimum atomic E-state index is 0.0676. The van der Waals surface area contributed by atoms with Crippen molar-refractivity contribution in [2.45, 2.75) is 17.7 Å². The molecule has 5 heteroatoms. The summed E-state index contributed by atoms with van der Waals surface area (Å²) in [5, 5.41) is 1.55. The van der Waals surface area contributed by atoms with E-state index in [-0.39, 0.29) is 5.91 Å². The van der Waals surface area contributed by atoms with Gasteiger partial charge in [0.05, 0.1) is 10.6 Å². The largest absolute Gasteiger partial charge is 0.338 e. The third-order valence-corrected chi connectivity index (χ3v) is 5.01. The van der Waals surface area contributed by atoms with Gasteiger partial charge in [0, 0.05) is 23.3 Å². The van der Waals surface area contributed by atoms with E-state index in [9.17, 15) is 4.79 Å². The van der Waals surface area contributed by atoms with Crippen LogP contribution in [0.15, 0.2) is 23.1 Å². The van der Waals surface area contributed by atoms with Gasteiger partial charge >= 0.3 is 0 Å². The molecule has 1 aromatic carbocycles. The van der Waals surface area contributed by atoms with E-state index in [0.29, 0.717) is 16.5 Å². The molecule has 1 heterocycles. The van der Waals surface area contributed by atoms with Crippen LogP contribution in [0.2, 0.25) is 5.02 Å². The predicted octanol–water partition coefficient (Wildman–Crippen LogP) is 4.31. The number of rotatable bonds is 4. The molecule has 0 aromatic heterocycles. The number of hydrogen-bond acceptors (Lipinski definition) is 2. The van der Waals surface area contributed by atoms with E-state index in [1.54, 1.807) is 11.8 Å². The molecule has 1 aromatic rings. The Morgan fingerprint density at radius 3 is 3.05 bits per heavy atom. The van der Waals surface area contributed by atoms with Gasteiger partial charge in [0.15, 0.2) is 0 Å². The quantitative estimate of drug-likeness (QED) is 0.587. The summed E-state index contributed by atoms with van der Waals surface area (Å²) in [5.74, 6) is 0.684. The second kappa shape index (κ2) is 7.00. The molecule has 1 aliphatic rings.